The van der Waals surface area contributed by atoms with Crippen LogP contribution in [0.2, 0.25) is 0 Å². The third-order valence-corrected chi connectivity index (χ3v) is 8.16. The number of hydrogen-bond donors (Lipinski definition) is 0. The van der Waals surface area contributed by atoms with Crippen molar-refractivity contribution in [1.82, 2.24) is 4.57 Å². The Balaban J connectivity index is 1.40. The van der Waals surface area contributed by atoms with Crippen LogP contribution in [-0.4, -0.2) is 24.6 Å². The summed E-state index contributed by atoms with van der Waals surface area (Å²) in [4.78, 5) is 32.4. The molecule has 0 amide bonds. The Morgan fingerprint density at radius 2 is 1.75 bits per heavy atom. The van der Waals surface area contributed by atoms with Crippen LogP contribution < -0.4 is 29.1 Å². The molecule has 202 valence electrons. The van der Waals surface area contributed by atoms with E-state index in [1.54, 1.807) is 18.8 Å². The van der Waals surface area contributed by atoms with Gasteiger partial charge >= 0.3 is 0 Å². The highest BCUT2D eigenvalue weighted by molar-refractivity contribution is 7.07. The summed E-state index contributed by atoms with van der Waals surface area (Å²) in [5.74, 6) is 1.96. The molecule has 4 aromatic rings. The second-order valence-corrected chi connectivity index (χ2v) is 10.7. The summed E-state index contributed by atoms with van der Waals surface area (Å²) in [6.45, 7) is 0.421. The summed E-state index contributed by atoms with van der Waals surface area (Å²) in [7, 11) is 3.21. The van der Waals surface area contributed by atoms with Crippen molar-refractivity contribution in [3.8, 4) is 17.2 Å². The van der Waals surface area contributed by atoms with Gasteiger partial charge in [-0.1, -0.05) is 59.9 Å². The molecule has 2 aliphatic rings. The SMILES string of the molecule is COc1ccc(C2C3=C(CCCC3=O)N=c3sc(=Cc4ccc(OCc5ccccc5)c(OC)c4)c(=O)n32)cc1. The number of allylic oxidation sites excluding steroid dienone is 2. The van der Waals surface area contributed by atoms with Crippen molar-refractivity contribution in [2.24, 2.45) is 4.99 Å². The van der Waals surface area contributed by atoms with Crippen molar-refractivity contribution in [2.75, 3.05) is 14.2 Å². The quantitative estimate of drug-likeness (QED) is 0.336. The molecule has 0 radical (unpaired) electrons. The minimum Gasteiger partial charge on any atom is -0.497 e. The molecule has 2 heterocycles. The van der Waals surface area contributed by atoms with E-state index in [2.05, 4.69) is 0 Å². The zero-order valence-corrected chi connectivity index (χ0v) is 23.1. The second kappa shape index (κ2) is 11.0. The number of rotatable bonds is 7. The molecular weight excluding hydrogens is 524 g/mol. The number of aromatic nitrogens is 1. The van der Waals surface area contributed by atoms with Crippen LogP contribution in [0, 0.1) is 0 Å². The first-order valence-electron chi connectivity index (χ1n) is 13.1. The number of carbonyl (C=O) groups excluding carboxylic acids is 1. The monoisotopic (exact) mass is 552 g/mol. The Kier molecular flexibility index (Phi) is 7.09. The molecule has 0 bridgehead atoms. The first kappa shape index (κ1) is 25.8. The summed E-state index contributed by atoms with van der Waals surface area (Å²) >= 11 is 1.33. The number of thiazole rings is 1. The number of nitrogens with zero attached hydrogens (tertiary/aromatic N) is 2. The van der Waals surface area contributed by atoms with E-state index in [0.717, 1.165) is 35.2 Å². The Labute approximate surface area is 235 Å². The number of fused-ring (bicyclic) bond motifs is 1. The minimum absolute atomic E-state index is 0.0518. The van der Waals surface area contributed by atoms with Gasteiger partial charge in [-0.15, -0.1) is 0 Å². The van der Waals surface area contributed by atoms with Crippen molar-refractivity contribution >= 4 is 23.2 Å². The Morgan fingerprint density at radius 1 is 0.950 bits per heavy atom. The van der Waals surface area contributed by atoms with E-state index in [1.807, 2.05) is 78.9 Å². The maximum absolute atomic E-state index is 13.9. The molecule has 1 unspecified atom stereocenters. The molecule has 8 heteroatoms. The molecule has 1 aliphatic heterocycles. The van der Waals surface area contributed by atoms with Gasteiger partial charge in [0.2, 0.25) is 0 Å². The van der Waals surface area contributed by atoms with Gasteiger partial charge in [0.15, 0.2) is 22.1 Å². The van der Waals surface area contributed by atoms with Gasteiger partial charge in [-0.2, -0.15) is 0 Å². The Hall–Kier alpha value is -4.43. The summed E-state index contributed by atoms with van der Waals surface area (Å²) in [5.41, 5.74) is 3.94. The van der Waals surface area contributed by atoms with Crippen LogP contribution in [0.5, 0.6) is 17.2 Å². The highest BCUT2D eigenvalue weighted by Gasteiger charge is 2.35. The predicted octanol–water partition coefficient (Wildman–Crippen LogP) is 4.56. The topological polar surface area (TPSA) is 79.1 Å². The van der Waals surface area contributed by atoms with Gasteiger partial charge in [0.1, 0.15) is 12.4 Å². The number of benzene rings is 3. The zero-order valence-electron chi connectivity index (χ0n) is 22.3. The van der Waals surface area contributed by atoms with Gasteiger partial charge in [0.25, 0.3) is 5.56 Å². The van der Waals surface area contributed by atoms with E-state index < -0.39 is 6.04 Å². The normalized spacial score (nSPS) is 16.7. The molecule has 6 rings (SSSR count). The second-order valence-electron chi connectivity index (χ2n) is 9.68. The molecule has 0 N–H and O–H groups in total. The van der Waals surface area contributed by atoms with Crippen LogP contribution >= 0.6 is 11.3 Å². The predicted molar refractivity (Wildman–Crippen MR) is 154 cm³/mol. The number of methoxy groups -OCH3 is 2. The molecule has 1 aromatic heterocycles. The highest BCUT2D eigenvalue weighted by atomic mass is 32.1. The van der Waals surface area contributed by atoms with E-state index in [-0.39, 0.29) is 11.3 Å². The van der Waals surface area contributed by atoms with Gasteiger partial charge in [-0.3, -0.25) is 14.2 Å². The van der Waals surface area contributed by atoms with Crippen molar-refractivity contribution in [3.63, 3.8) is 0 Å². The molecular formula is C32H28N2O5S. The molecule has 40 heavy (non-hydrogen) atoms. The minimum atomic E-state index is -0.518. The molecule has 0 saturated carbocycles. The fraction of sp³-hybridized carbons (Fsp3) is 0.219. The van der Waals surface area contributed by atoms with Gasteiger partial charge in [-0.25, -0.2) is 4.99 Å². The summed E-state index contributed by atoms with van der Waals surface area (Å²) < 4.78 is 19.1. The fourth-order valence-electron chi connectivity index (χ4n) is 5.19. The maximum Gasteiger partial charge on any atom is 0.271 e. The number of ether oxygens (including phenoxy) is 3. The van der Waals surface area contributed by atoms with E-state index >= 15 is 0 Å². The van der Waals surface area contributed by atoms with Gasteiger partial charge in [0, 0.05) is 12.0 Å². The lowest BCUT2D eigenvalue weighted by molar-refractivity contribution is -0.116. The summed E-state index contributed by atoms with van der Waals surface area (Å²) in [5, 5.41) is 0. The third-order valence-electron chi connectivity index (χ3n) is 7.18. The van der Waals surface area contributed by atoms with E-state index in [4.69, 9.17) is 19.2 Å². The van der Waals surface area contributed by atoms with Crippen LogP contribution in [0.1, 0.15) is 42.0 Å². The van der Waals surface area contributed by atoms with Crippen molar-refractivity contribution in [3.05, 3.63) is 120 Å². The lowest BCUT2D eigenvalue weighted by atomic mass is 9.86. The standard InChI is InChI=1S/C32H28N2O5S/c1-37-23-14-12-22(13-15-23)30-29-24(9-6-10-25(29)35)33-32-34(30)31(36)28(40-32)18-21-11-16-26(27(17-21)38-2)39-19-20-7-4-3-5-8-20/h3-5,7-8,11-18,30H,6,9-10,19H2,1-2H3. The Bertz CT molecular complexity index is 1790. The largest absolute Gasteiger partial charge is 0.497 e. The molecule has 7 nitrogen and oxygen atoms in total. The first-order chi connectivity index (χ1) is 19.6. The fourth-order valence-corrected chi connectivity index (χ4v) is 6.21. The Morgan fingerprint density at radius 3 is 2.50 bits per heavy atom. The molecule has 1 atom stereocenters. The molecule has 0 saturated heterocycles. The van der Waals surface area contributed by atoms with Gasteiger partial charge in [0.05, 0.1) is 30.5 Å². The summed E-state index contributed by atoms with van der Waals surface area (Å²) in [6.07, 6.45) is 3.79. The molecule has 1 aliphatic carbocycles. The zero-order chi connectivity index (χ0) is 27.6. The van der Waals surface area contributed by atoms with Crippen LogP contribution in [0.4, 0.5) is 0 Å². The lowest BCUT2D eigenvalue weighted by Crippen LogP contribution is -2.40. The van der Waals surface area contributed by atoms with Crippen LogP contribution in [-0.2, 0) is 11.4 Å². The highest BCUT2D eigenvalue weighted by Crippen LogP contribution is 2.36. The van der Waals surface area contributed by atoms with E-state index in [1.165, 1.54) is 11.3 Å². The van der Waals surface area contributed by atoms with Crippen LogP contribution in [0.25, 0.3) is 6.08 Å². The molecule has 0 spiro atoms. The smallest absolute Gasteiger partial charge is 0.271 e. The maximum atomic E-state index is 13.9. The van der Waals surface area contributed by atoms with Crippen molar-refractivity contribution in [2.45, 2.75) is 31.9 Å². The van der Waals surface area contributed by atoms with Crippen LogP contribution in [0.15, 0.2) is 93.9 Å². The van der Waals surface area contributed by atoms with Gasteiger partial charge in [-0.05, 0) is 59.9 Å². The average molecular weight is 553 g/mol. The van der Waals surface area contributed by atoms with Crippen LogP contribution in [0.3, 0.4) is 0 Å². The number of hydrogen-bond acceptors (Lipinski definition) is 7. The van der Waals surface area contributed by atoms with E-state index in [0.29, 0.717) is 45.2 Å². The van der Waals surface area contributed by atoms with Crippen molar-refractivity contribution in [1.29, 1.82) is 0 Å². The molecule has 0 fully saturated rings. The van der Waals surface area contributed by atoms with Crippen molar-refractivity contribution < 1.29 is 19.0 Å². The number of ketones is 1. The third kappa shape index (κ3) is 4.86. The lowest BCUT2D eigenvalue weighted by Gasteiger charge is -2.28. The van der Waals surface area contributed by atoms with E-state index in [9.17, 15) is 9.59 Å². The average Bonchev–Trinajstić information content (AvgIpc) is 3.30. The number of Topliss-reactive ketones (excluding diaryl/α,β-unsaturated/α-hetero) is 1. The summed E-state index contributed by atoms with van der Waals surface area (Å²) in [6, 6.07) is 22.5. The number of carbonyl (C=O) groups is 1. The molecule has 3 aromatic carbocycles. The first-order valence-corrected chi connectivity index (χ1v) is 13.9. The van der Waals surface area contributed by atoms with Gasteiger partial charge < -0.3 is 14.2 Å².